The van der Waals surface area contributed by atoms with Gasteiger partial charge >= 0.3 is 5.97 Å². The molecule has 0 atom stereocenters. The predicted octanol–water partition coefficient (Wildman–Crippen LogP) is 4.32. The van der Waals surface area contributed by atoms with Gasteiger partial charge in [-0.15, -0.1) is 0 Å². The molecule has 0 saturated heterocycles. The number of carboxylic acid groups (broad SMARTS) is 1. The molecule has 0 fully saturated rings. The van der Waals surface area contributed by atoms with Crippen molar-refractivity contribution in [2.24, 2.45) is 0 Å². The molecule has 4 heteroatoms. The molecule has 0 saturated carbocycles. The van der Waals surface area contributed by atoms with Crippen LogP contribution in [0.25, 0.3) is 10.4 Å². The largest absolute Gasteiger partial charge is 0.498 e. The lowest BCUT2D eigenvalue weighted by Gasteiger charge is -2.20. The summed E-state index contributed by atoms with van der Waals surface area (Å²) in [6.07, 6.45) is 3.82. The summed E-state index contributed by atoms with van der Waals surface area (Å²) < 4.78 is 5.18. The first-order valence-electron chi connectivity index (χ1n) is 7.26. The van der Waals surface area contributed by atoms with Gasteiger partial charge in [-0.25, -0.2) is 9.64 Å². The maximum absolute atomic E-state index is 11.3. The molecule has 0 radical (unpaired) electrons. The van der Waals surface area contributed by atoms with Gasteiger partial charge in [0, 0.05) is 0 Å². The number of benzene rings is 2. The van der Waals surface area contributed by atoms with E-state index in [0.29, 0.717) is 11.4 Å². The van der Waals surface area contributed by atoms with Gasteiger partial charge in [0.1, 0.15) is 5.75 Å². The number of carbonyl (C=O) groups is 1. The van der Waals surface area contributed by atoms with E-state index < -0.39 is 5.97 Å². The fourth-order valence-electron chi connectivity index (χ4n) is 2.87. The Morgan fingerprint density at radius 2 is 2.04 bits per heavy atom. The fraction of sp³-hybridized carbons (Fsp3) is 0.158. The Morgan fingerprint density at radius 3 is 2.74 bits per heavy atom. The molecule has 1 N–H and O–H groups in total. The van der Waals surface area contributed by atoms with Crippen molar-refractivity contribution in [2.45, 2.75) is 12.8 Å². The third-order valence-electron chi connectivity index (χ3n) is 4.02. The maximum Gasteiger partial charge on any atom is 0.335 e. The van der Waals surface area contributed by atoms with Gasteiger partial charge in [-0.3, -0.25) is 0 Å². The molecular weight excluding hydrogens is 290 g/mol. The van der Waals surface area contributed by atoms with Crippen molar-refractivity contribution >= 4 is 17.2 Å². The normalized spacial score (nSPS) is 12.8. The zero-order chi connectivity index (χ0) is 16.4. The number of fused-ring (bicyclic) bond motifs is 1. The van der Waals surface area contributed by atoms with E-state index in [0.717, 1.165) is 35.1 Å². The number of nitrogens with zero attached hydrogens (tertiary/aromatic N) is 1. The molecule has 3 rings (SSSR count). The second-order valence-electron chi connectivity index (χ2n) is 5.33. The lowest BCUT2D eigenvalue weighted by molar-refractivity contribution is 0.0697. The summed E-state index contributed by atoms with van der Waals surface area (Å²) >= 11 is 0. The Kier molecular flexibility index (Phi) is 3.86. The Labute approximate surface area is 134 Å². The summed E-state index contributed by atoms with van der Waals surface area (Å²) in [6, 6.07) is 10.6. The number of allylic oxidation sites excluding steroid dienone is 1. The summed E-state index contributed by atoms with van der Waals surface area (Å²) in [6.45, 7) is 7.42. The first-order chi connectivity index (χ1) is 11.1. The zero-order valence-corrected chi connectivity index (χ0v) is 12.7. The molecule has 0 bridgehead atoms. The Hall–Kier alpha value is -3.06. The van der Waals surface area contributed by atoms with Crippen LogP contribution in [0.15, 0.2) is 42.5 Å². The van der Waals surface area contributed by atoms with E-state index in [2.05, 4.69) is 10.9 Å². The minimum atomic E-state index is -0.946. The van der Waals surface area contributed by atoms with Crippen molar-refractivity contribution in [2.75, 3.05) is 7.11 Å². The van der Waals surface area contributed by atoms with Gasteiger partial charge in [-0.1, -0.05) is 18.2 Å². The van der Waals surface area contributed by atoms with Crippen LogP contribution >= 0.6 is 0 Å². The Morgan fingerprint density at radius 1 is 1.22 bits per heavy atom. The first-order valence-corrected chi connectivity index (χ1v) is 7.26. The molecule has 2 aromatic carbocycles. The zero-order valence-electron chi connectivity index (χ0n) is 12.7. The van der Waals surface area contributed by atoms with E-state index in [1.54, 1.807) is 25.3 Å². The minimum Gasteiger partial charge on any atom is -0.498 e. The van der Waals surface area contributed by atoms with Crippen LogP contribution in [0.1, 0.15) is 33.5 Å². The maximum atomic E-state index is 11.3. The van der Waals surface area contributed by atoms with Crippen LogP contribution in [0.4, 0.5) is 5.69 Å². The summed E-state index contributed by atoms with van der Waals surface area (Å²) in [4.78, 5) is 14.8. The molecule has 0 unspecified atom stereocenters. The van der Waals surface area contributed by atoms with E-state index in [1.807, 2.05) is 18.2 Å². The van der Waals surface area contributed by atoms with Crippen LogP contribution in [0.3, 0.4) is 0 Å². The van der Waals surface area contributed by atoms with E-state index in [1.165, 1.54) is 0 Å². The molecule has 1 aliphatic rings. The minimum absolute atomic E-state index is 0.259. The van der Waals surface area contributed by atoms with Crippen molar-refractivity contribution in [3.05, 3.63) is 76.1 Å². The van der Waals surface area contributed by atoms with Crippen LogP contribution in [0.5, 0.6) is 5.75 Å². The van der Waals surface area contributed by atoms with E-state index in [4.69, 9.17) is 11.3 Å². The standard InChI is InChI=1S/C19H15NO3/c1-20-18-11-14(23-2)8-9-16(18)15-5-3-4-12-6-7-13(19(21)22)10-17(12)15/h5-11H,3-4H2,2H3,(H,21,22). The highest BCUT2D eigenvalue weighted by Gasteiger charge is 2.19. The van der Waals surface area contributed by atoms with Gasteiger partial charge in [0.15, 0.2) is 5.69 Å². The highest BCUT2D eigenvalue weighted by molar-refractivity contribution is 5.93. The van der Waals surface area contributed by atoms with E-state index >= 15 is 0 Å². The predicted molar refractivity (Wildman–Crippen MR) is 88.1 cm³/mol. The number of carboxylic acids is 1. The van der Waals surface area contributed by atoms with E-state index in [9.17, 15) is 9.90 Å². The highest BCUT2D eigenvalue weighted by Crippen LogP contribution is 2.38. The highest BCUT2D eigenvalue weighted by atomic mass is 16.5. The van der Waals surface area contributed by atoms with Crippen molar-refractivity contribution in [1.82, 2.24) is 0 Å². The van der Waals surface area contributed by atoms with Gasteiger partial charge < -0.3 is 9.84 Å². The van der Waals surface area contributed by atoms with Crippen LogP contribution < -0.4 is 4.74 Å². The summed E-state index contributed by atoms with van der Waals surface area (Å²) in [5.41, 5.74) is 4.50. The third kappa shape index (κ3) is 2.69. The Balaban J connectivity index is 2.16. The number of hydrogen-bond donors (Lipinski definition) is 1. The lowest BCUT2D eigenvalue weighted by Crippen LogP contribution is -2.05. The molecule has 0 aromatic heterocycles. The lowest BCUT2D eigenvalue weighted by atomic mass is 9.85. The van der Waals surface area contributed by atoms with Crippen molar-refractivity contribution in [3.8, 4) is 5.75 Å². The number of aromatic carboxylic acids is 1. The topological polar surface area (TPSA) is 50.9 Å². The van der Waals surface area contributed by atoms with Crippen molar-refractivity contribution in [3.63, 3.8) is 0 Å². The number of methoxy groups -OCH3 is 1. The second kappa shape index (κ2) is 5.98. The van der Waals surface area contributed by atoms with Gasteiger partial charge in [0.2, 0.25) is 0 Å². The molecule has 1 aliphatic carbocycles. The van der Waals surface area contributed by atoms with Crippen LogP contribution in [-0.4, -0.2) is 18.2 Å². The third-order valence-corrected chi connectivity index (χ3v) is 4.02. The molecule has 0 amide bonds. The van der Waals surface area contributed by atoms with Gasteiger partial charge in [0.05, 0.1) is 19.2 Å². The van der Waals surface area contributed by atoms with Crippen molar-refractivity contribution in [1.29, 1.82) is 0 Å². The Bertz CT molecular complexity index is 859. The molecule has 114 valence electrons. The number of aryl methyl sites for hydroxylation is 1. The molecule has 4 nitrogen and oxygen atoms in total. The van der Waals surface area contributed by atoms with Gasteiger partial charge in [-0.2, -0.15) is 0 Å². The number of rotatable bonds is 3. The van der Waals surface area contributed by atoms with Crippen LogP contribution in [-0.2, 0) is 6.42 Å². The van der Waals surface area contributed by atoms with Crippen molar-refractivity contribution < 1.29 is 14.6 Å². The van der Waals surface area contributed by atoms with Gasteiger partial charge in [0.25, 0.3) is 0 Å². The first kappa shape index (κ1) is 14.9. The molecule has 0 heterocycles. The summed E-state index contributed by atoms with van der Waals surface area (Å²) in [7, 11) is 1.57. The summed E-state index contributed by atoms with van der Waals surface area (Å²) in [5.74, 6) is -0.312. The van der Waals surface area contributed by atoms with Crippen LogP contribution in [0, 0.1) is 6.57 Å². The quantitative estimate of drug-likeness (QED) is 0.859. The molecular formula is C19H15NO3. The summed E-state index contributed by atoms with van der Waals surface area (Å²) in [5, 5.41) is 9.23. The SMILES string of the molecule is [C-]#[N+]c1cc(OC)ccc1C1=CCCc2ccc(C(=O)O)cc21. The monoisotopic (exact) mass is 305 g/mol. The average molecular weight is 305 g/mol. The van der Waals surface area contributed by atoms with Crippen LogP contribution in [0.2, 0.25) is 0 Å². The van der Waals surface area contributed by atoms with Gasteiger partial charge in [-0.05, 0) is 59.4 Å². The number of ether oxygens (including phenoxy) is 1. The van der Waals surface area contributed by atoms with E-state index in [-0.39, 0.29) is 5.56 Å². The molecule has 23 heavy (non-hydrogen) atoms. The smallest absolute Gasteiger partial charge is 0.335 e. The molecule has 0 aliphatic heterocycles. The second-order valence-corrected chi connectivity index (χ2v) is 5.33. The molecule has 0 spiro atoms. The number of hydrogen-bond acceptors (Lipinski definition) is 2. The fourth-order valence-corrected chi connectivity index (χ4v) is 2.87. The molecule has 2 aromatic rings. The average Bonchev–Trinajstić information content (AvgIpc) is 2.60.